The van der Waals surface area contributed by atoms with Gasteiger partial charge in [0.05, 0.1) is 11.3 Å². The Morgan fingerprint density at radius 2 is 1.52 bits per heavy atom. The summed E-state index contributed by atoms with van der Waals surface area (Å²) in [5.41, 5.74) is 7.71. The number of carbonyl (C=O) groups excluding carboxylic acids is 4. The monoisotopic (exact) mass is 558 g/mol. The summed E-state index contributed by atoms with van der Waals surface area (Å²) in [4.78, 5) is 50.0. The van der Waals surface area contributed by atoms with Crippen molar-refractivity contribution < 1.29 is 37.1 Å². The smallest absolute Gasteiger partial charge is 0.385 e. The van der Waals surface area contributed by atoms with Crippen molar-refractivity contribution in [1.29, 1.82) is 0 Å². The number of hydrogen-bond acceptors (Lipinski definition) is 6. The second-order valence-electron chi connectivity index (χ2n) is 9.11. The van der Waals surface area contributed by atoms with Crippen LogP contribution in [-0.2, 0) is 14.3 Å². The van der Waals surface area contributed by atoms with Gasteiger partial charge in [-0.05, 0) is 73.7 Å². The minimum Gasteiger partial charge on any atom is -0.385 e. The Labute approximate surface area is 228 Å². The lowest BCUT2D eigenvalue weighted by Gasteiger charge is -2.19. The summed E-state index contributed by atoms with van der Waals surface area (Å²) >= 11 is 0. The third kappa shape index (κ3) is 7.79. The molecule has 0 aromatic heterocycles. The summed E-state index contributed by atoms with van der Waals surface area (Å²) in [5, 5.41) is 9.07. The predicted molar refractivity (Wildman–Crippen MR) is 144 cm³/mol. The summed E-state index contributed by atoms with van der Waals surface area (Å²) in [5.74, 6) is -5.12. The van der Waals surface area contributed by atoms with E-state index in [1.54, 1.807) is 30.3 Å². The number of anilines is 2. The highest BCUT2D eigenvalue weighted by Crippen LogP contribution is 2.26. The maximum atomic E-state index is 13.4. The van der Waals surface area contributed by atoms with E-state index in [2.05, 4.69) is 20.7 Å². The molecule has 212 valence electrons. The van der Waals surface area contributed by atoms with E-state index in [1.807, 2.05) is 32.0 Å². The number of benzene rings is 3. The van der Waals surface area contributed by atoms with Crippen molar-refractivity contribution in [3.05, 3.63) is 71.3 Å². The standard InChI is InChI=1S/C28H29F3N4O5/c1-16-8-7-9-17(2)23(16)35-27(39)34-22-15-19-11-4-3-10-18(19)14-20(22)24(36)33-21(12-5-6-13-32)25(37)40-26(38)28(29,30)31/h3-4,7-11,14-15,21H,5-6,12-13,32H2,1-2H3,(H,33,36)(H2,34,35,39)/t21-/m0/s1. The number of para-hydroxylation sites is 1. The second kappa shape index (κ2) is 13.1. The predicted octanol–water partition coefficient (Wildman–Crippen LogP) is 4.96. The maximum absolute atomic E-state index is 13.4. The molecule has 0 radical (unpaired) electrons. The van der Waals surface area contributed by atoms with Crippen LogP contribution >= 0.6 is 0 Å². The highest BCUT2D eigenvalue weighted by atomic mass is 19.4. The molecule has 0 heterocycles. The molecule has 0 saturated heterocycles. The number of esters is 2. The largest absolute Gasteiger partial charge is 0.491 e. The SMILES string of the molecule is Cc1cccc(C)c1NC(=O)Nc1cc2ccccc2cc1C(=O)N[C@@H](CCCCN)C(=O)OC(=O)C(F)(F)F. The number of alkyl halides is 3. The molecule has 0 spiro atoms. The summed E-state index contributed by atoms with van der Waals surface area (Å²) in [6.07, 6.45) is -4.85. The molecule has 5 N–H and O–H groups in total. The number of aryl methyl sites for hydroxylation is 2. The zero-order valence-electron chi connectivity index (χ0n) is 21.9. The number of halogens is 3. The number of nitrogens with two attached hydrogens (primary N) is 1. The first kappa shape index (κ1) is 30.1. The number of ether oxygens (including phenoxy) is 1. The number of hydrogen-bond donors (Lipinski definition) is 4. The fourth-order valence-corrected chi connectivity index (χ4v) is 4.01. The van der Waals surface area contributed by atoms with Crippen LogP contribution in [0, 0.1) is 13.8 Å². The molecule has 3 amide bonds. The van der Waals surface area contributed by atoms with Crippen LogP contribution < -0.4 is 21.7 Å². The van der Waals surface area contributed by atoms with Crippen molar-refractivity contribution in [2.45, 2.75) is 45.3 Å². The minimum atomic E-state index is -5.39. The van der Waals surface area contributed by atoms with Crippen molar-refractivity contribution >= 4 is 46.0 Å². The summed E-state index contributed by atoms with van der Waals surface area (Å²) in [6.45, 7) is 3.89. The van der Waals surface area contributed by atoms with E-state index >= 15 is 0 Å². The summed E-state index contributed by atoms with van der Waals surface area (Å²) < 4.78 is 41.9. The van der Waals surface area contributed by atoms with Gasteiger partial charge in [-0.25, -0.2) is 14.4 Å². The first-order valence-corrected chi connectivity index (χ1v) is 12.4. The Hall–Kier alpha value is -4.45. The van der Waals surface area contributed by atoms with E-state index < -0.39 is 36.1 Å². The molecule has 3 aromatic carbocycles. The van der Waals surface area contributed by atoms with E-state index in [4.69, 9.17) is 5.73 Å². The lowest BCUT2D eigenvalue weighted by Crippen LogP contribution is -2.44. The van der Waals surface area contributed by atoms with Gasteiger partial charge in [-0.3, -0.25) is 4.79 Å². The Morgan fingerprint density at radius 3 is 2.12 bits per heavy atom. The molecule has 0 aliphatic carbocycles. The lowest BCUT2D eigenvalue weighted by atomic mass is 10.0. The maximum Gasteiger partial charge on any atom is 0.491 e. The summed E-state index contributed by atoms with van der Waals surface area (Å²) in [6, 6.07) is 13.3. The number of fused-ring (bicyclic) bond motifs is 1. The van der Waals surface area contributed by atoms with Gasteiger partial charge >= 0.3 is 24.1 Å². The molecule has 0 unspecified atom stereocenters. The van der Waals surface area contributed by atoms with Crippen LogP contribution in [0.15, 0.2) is 54.6 Å². The highest BCUT2D eigenvalue weighted by Gasteiger charge is 2.43. The molecule has 3 aromatic rings. The van der Waals surface area contributed by atoms with E-state index in [1.165, 1.54) is 6.07 Å². The van der Waals surface area contributed by atoms with E-state index in [0.29, 0.717) is 22.9 Å². The van der Waals surface area contributed by atoms with Crippen molar-refractivity contribution in [3.63, 3.8) is 0 Å². The number of unbranched alkanes of at least 4 members (excludes halogenated alkanes) is 1. The molecule has 0 aliphatic heterocycles. The van der Waals surface area contributed by atoms with Gasteiger partial charge < -0.3 is 26.4 Å². The molecular weight excluding hydrogens is 529 g/mol. The Morgan fingerprint density at radius 1 is 0.900 bits per heavy atom. The molecule has 0 aliphatic rings. The normalized spacial score (nSPS) is 11.9. The van der Waals surface area contributed by atoms with Crippen LogP contribution in [0.4, 0.5) is 29.3 Å². The molecule has 0 bridgehead atoms. The van der Waals surface area contributed by atoms with Gasteiger partial charge in [0.25, 0.3) is 5.91 Å². The van der Waals surface area contributed by atoms with Crippen LogP contribution in [0.2, 0.25) is 0 Å². The minimum absolute atomic E-state index is 0.0610. The number of urea groups is 1. The topological polar surface area (TPSA) is 140 Å². The molecule has 12 heteroatoms. The molecule has 0 fully saturated rings. The highest BCUT2D eigenvalue weighted by molar-refractivity contribution is 6.10. The van der Waals surface area contributed by atoms with Gasteiger partial charge in [0, 0.05) is 5.69 Å². The Balaban J connectivity index is 1.90. The zero-order chi connectivity index (χ0) is 29.4. The Kier molecular flexibility index (Phi) is 9.83. The average molecular weight is 559 g/mol. The van der Waals surface area contributed by atoms with Crippen LogP contribution in [-0.4, -0.2) is 42.6 Å². The van der Waals surface area contributed by atoms with Crippen LogP contribution in [0.25, 0.3) is 10.8 Å². The van der Waals surface area contributed by atoms with Crippen LogP contribution in [0.3, 0.4) is 0 Å². The third-order valence-corrected chi connectivity index (χ3v) is 6.06. The fraction of sp³-hybridized carbons (Fsp3) is 0.286. The lowest BCUT2D eigenvalue weighted by molar-refractivity contribution is -0.202. The van der Waals surface area contributed by atoms with Crippen molar-refractivity contribution in [3.8, 4) is 0 Å². The molecule has 0 saturated carbocycles. The Bertz CT molecular complexity index is 1400. The first-order valence-electron chi connectivity index (χ1n) is 12.4. The second-order valence-corrected chi connectivity index (χ2v) is 9.11. The number of nitrogens with one attached hydrogen (secondary N) is 3. The van der Waals surface area contributed by atoms with E-state index in [-0.39, 0.29) is 30.6 Å². The van der Waals surface area contributed by atoms with Gasteiger partial charge in [0.2, 0.25) is 0 Å². The molecular formula is C28H29F3N4O5. The quantitative estimate of drug-likeness (QED) is 0.166. The van der Waals surface area contributed by atoms with E-state index in [9.17, 15) is 32.3 Å². The van der Waals surface area contributed by atoms with Gasteiger partial charge in [-0.2, -0.15) is 13.2 Å². The number of rotatable bonds is 9. The van der Waals surface area contributed by atoms with E-state index in [0.717, 1.165) is 11.1 Å². The van der Waals surface area contributed by atoms with Crippen molar-refractivity contribution in [2.75, 3.05) is 17.2 Å². The molecule has 1 atom stereocenters. The third-order valence-electron chi connectivity index (χ3n) is 6.06. The van der Waals surface area contributed by atoms with Gasteiger partial charge in [0.15, 0.2) is 0 Å². The van der Waals surface area contributed by atoms with Gasteiger partial charge in [0.1, 0.15) is 6.04 Å². The zero-order valence-corrected chi connectivity index (χ0v) is 21.9. The fourth-order valence-electron chi connectivity index (χ4n) is 4.01. The van der Waals surface area contributed by atoms with Gasteiger partial charge in [-0.15, -0.1) is 0 Å². The molecule has 3 rings (SSSR count). The molecule has 9 nitrogen and oxygen atoms in total. The van der Waals surface area contributed by atoms with Crippen molar-refractivity contribution in [2.24, 2.45) is 5.73 Å². The van der Waals surface area contributed by atoms with Crippen LogP contribution in [0.1, 0.15) is 40.7 Å². The summed E-state index contributed by atoms with van der Waals surface area (Å²) in [7, 11) is 0. The average Bonchev–Trinajstić information content (AvgIpc) is 2.89. The van der Waals surface area contributed by atoms with Crippen LogP contribution in [0.5, 0.6) is 0 Å². The number of amides is 3. The number of carbonyl (C=O) groups is 4. The van der Waals surface area contributed by atoms with Crippen molar-refractivity contribution in [1.82, 2.24) is 5.32 Å². The van der Waals surface area contributed by atoms with Gasteiger partial charge in [-0.1, -0.05) is 42.5 Å². The molecule has 40 heavy (non-hydrogen) atoms. The first-order chi connectivity index (χ1) is 18.9.